The first-order valence-electron chi connectivity index (χ1n) is 6.70. The van der Waals surface area contributed by atoms with Crippen LogP contribution in [0.15, 0.2) is 22.7 Å². The van der Waals surface area contributed by atoms with Gasteiger partial charge in [-0.2, -0.15) is 5.10 Å². The highest BCUT2D eigenvalue weighted by Gasteiger charge is 2.23. The maximum Gasteiger partial charge on any atom is 0.129 e. The minimum Gasteiger partial charge on any atom is -0.462 e. The number of aliphatic hydroxyl groups excluding tert-OH is 1. The van der Waals surface area contributed by atoms with Crippen LogP contribution in [0.5, 0.6) is 0 Å². The monoisotopic (exact) mass is 261 g/mol. The fraction of sp³-hybridized carbons (Fsp3) is 0.500. The van der Waals surface area contributed by atoms with E-state index in [0.29, 0.717) is 18.3 Å². The first kappa shape index (κ1) is 12.4. The van der Waals surface area contributed by atoms with Crippen LogP contribution in [-0.2, 0) is 26.6 Å². The Morgan fingerprint density at radius 3 is 3.11 bits per heavy atom. The van der Waals surface area contributed by atoms with Gasteiger partial charge in [0, 0.05) is 24.3 Å². The number of fused-ring (bicyclic) bond motifs is 1. The minimum atomic E-state index is -0.0455. The van der Waals surface area contributed by atoms with E-state index in [1.807, 2.05) is 30.1 Å². The number of furan rings is 1. The summed E-state index contributed by atoms with van der Waals surface area (Å²) in [4.78, 5) is 0. The van der Waals surface area contributed by atoms with Crippen LogP contribution in [0.1, 0.15) is 41.7 Å². The smallest absolute Gasteiger partial charge is 0.129 e. The van der Waals surface area contributed by atoms with Gasteiger partial charge < -0.3 is 14.8 Å². The third-order valence-electron chi connectivity index (χ3n) is 3.77. The molecule has 0 amide bonds. The Kier molecular flexibility index (Phi) is 3.40. The number of rotatable bonds is 4. The maximum atomic E-state index is 8.98. The van der Waals surface area contributed by atoms with E-state index in [2.05, 4.69) is 10.4 Å². The van der Waals surface area contributed by atoms with Crippen LogP contribution in [0.3, 0.4) is 0 Å². The van der Waals surface area contributed by atoms with Crippen molar-refractivity contribution in [1.29, 1.82) is 0 Å². The highest BCUT2D eigenvalue weighted by molar-refractivity contribution is 5.24. The molecule has 0 fully saturated rings. The van der Waals surface area contributed by atoms with Gasteiger partial charge in [-0.05, 0) is 31.4 Å². The molecule has 1 unspecified atom stereocenters. The third kappa shape index (κ3) is 2.43. The molecule has 2 N–H and O–H groups in total. The lowest BCUT2D eigenvalue weighted by Gasteiger charge is -2.23. The zero-order chi connectivity index (χ0) is 13.2. The average Bonchev–Trinajstić information content (AvgIpc) is 3.04. The SMILES string of the molecule is Cn1ncc2c1CCCC2NCc1ccc(CO)o1. The first-order chi connectivity index (χ1) is 9.28. The summed E-state index contributed by atoms with van der Waals surface area (Å²) in [5, 5.41) is 16.8. The molecule has 0 spiro atoms. The minimum absolute atomic E-state index is 0.0455. The van der Waals surface area contributed by atoms with Crippen molar-refractivity contribution < 1.29 is 9.52 Å². The van der Waals surface area contributed by atoms with Gasteiger partial charge >= 0.3 is 0 Å². The molecule has 0 aliphatic heterocycles. The van der Waals surface area contributed by atoms with Crippen LogP contribution < -0.4 is 5.32 Å². The van der Waals surface area contributed by atoms with Gasteiger partial charge in [0.25, 0.3) is 0 Å². The number of nitrogens with zero attached hydrogens (tertiary/aromatic N) is 2. The molecule has 5 nitrogen and oxygen atoms in total. The molecule has 1 aliphatic rings. The van der Waals surface area contributed by atoms with Crippen LogP contribution in [0.2, 0.25) is 0 Å². The van der Waals surface area contributed by atoms with E-state index in [9.17, 15) is 0 Å². The van der Waals surface area contributed by atoms with Gasteiger partial charge in [0.2, 0.25) is 0 Å². The Labute approximate surface area is 112 Å². The molecule has 2 heterocycles. The van der Waals surface area contributed by atoms with Gasteiger partial charge in [-0.15, -0.1) is 0 Å². The summed E-state index contributed by atoms with van der Waals surface area (Å²) in [5.41, 5.74) is 2.64. The van der Waals surface area contributed by atoms with Crippen molar-refractivity contribution in [2.75, 3.05) is 0 Å². The van der Waals surface area contributed by atoms with E-state index in [-0.39, 0.29) is 6.61 Å². The summed E-state index contributed by atoms with van der Waals surface area (Å²) in [6.45, 7) is 0.634. The molecule has 5 heteroatoms. The van der Waals surface area contributed by atoms with E-state index >= 15 is 0 Å². The van der Waals surface area contributed by atoms with E-state index in [4.69, 9.17) is 9.52 Å². The summed E-state index contributed by atoms with van der Waals surface area (Å²) >= 11 is 0. The zero-order valence-corrected chi connectivity index (χ0v) is 11.1. The van der Waals surface area contributed by atoms with Crippen molar-refractivity contribution in [2.45, 2.75) is 38.5 Å². The van der Waals surface area contributed by atoms with Gasteiger partial charge in [-0.25, -0.2) is 0 Å². The molecule has 0 saturated carbocycles. The van der Waals surface area contributed by atoms with Gasteiger partial charge in [-0.3, -0.25) is 4.68 Å². The van der Waals surface area contributed by atoms with Gasteiger partial charge in [-0.1, -0.05) is 0 Å². The van der Waals surface area contributed by atoms with Crippen molar-refractivity contribution >= 4 is 0 Å². The van der Waals surface area contributed by atoms with Crippen LogP contribution >= 0.6 is 0 Å². The molecule has 1 atom stereocenters. The Balaban J connectivity index is 1.67. The average molecular weight is 261 g/mol. The lowest BCUT2D eigenvalue weighted by Crippen LogP contribution is -2.24. The molecule has 1 aliphatic carbocycles. The fourth-order valence-electron chi connectivity index (χ4n) is 2.74. The second kappa shape index (κ2) is 5.19. The standard InChI is InChI=1S/C14H19N3O2/c1-17-14-4-2-3-13(12(14)8-16-17)15-7-10-5-6-11(9-18)19-10/h5-6,8,13,15,18H,2-4,7,9H2,1H3. The molecular formula is C14H19N3O2. The van der Waals surface area contributed by atoms with Crippen LogP contribution in [-0.4, -0.2) is 14.9 Å². The molecule has 0 radical (unpaired) electrons. The fourth-order valence-corrected chi connectivity index (χ4v) is 2.74. The summed E-state index contributed by atoms with van der Waals surface area (Å²) in [6, 6.07) is 4.07. The number of hydrogen-bond acceptors (Lipinski definition) is 4. The molecular weight excluding hydrogens is 242 g/mol. The first-order valence-corrected chi connectivity index (χ1v) is 6.70. The van der Waals surface area contributed by atoms with E-state index in [0.717, 1.165) is 18.6 Å². The summed E-state index contributed by atoms with van der Waals surface area (Å²) < 4.78 is 7.46. The molecule has 0 bridgehead atoms. The summed E-state index contributed by atoms with van der Waals surface area (Å²) in [7, 11) is 2.00. The normalized spacial score (nSPS) is 18.5. The van der Waals surface area contributed by atoms with E-state index in [1.165, 1.54) is 17.7 Å². The number of hydrogen-bond donors (Lipinski definition) is 2. The van der Waals surface area contributed by atoms with Crippen LogP contribution in [0.25, 0.3) is 0 Å². The molecule has 2 aromatic rings. The predicted octanol–water partition coefficient (Wildman–Crippen LogP) is 1.67. The predicted molar refractivity (Wildman–Crippen MR) is 70.4 cm³/mol. The molecule has 102 valence electrons. The van der Waals surface area contributed by atoms with Gasteiger partial charge in [0.05, 0.1) is 12.7 Å². The van der Waals surface area contributed by atoms with Crippen molar-refractivity contribution in [3.8, 4) is 0 Å². The third-order valence-corrected chi connectivity index (χ3v) is 3.77. The Morgan fingerprint density at radius 1 is 1.47 bits per heavy atom. The molecule has 3 rings (SSSR count). The number of aromatic nitrogens is 2. The van der Waals surface area contributed by atoms with Crippen LogP contribution in [0, 0.1) is 0 Å². The lowest BCUT2D eigenvalue weighted by atomic mass is 9.93. The molecule has 0 saturated heterocycles. The van der Waals surface area contributed by atoms with Gasteiger partial charge in [0.15, 0.2) is 0 Å². The van der Waals surface area contributed by atoms with E-state index < -0.39 is 0 Å². The molecule has 19 heavy (non-hydrogen) atoms. The molecule has 2 aromatic heterocycles. The summed E-state index contributed by atoms with van der Waals surface area (Å²) in [5.74, 6) is 1.47. The zero-order valence-electron chi connectivity index (χ0n) is 11.1. The number of aryl methyl sites for hydroxylation is 1. The van der Waals surface area contributed by atoms with Crippen molar-refractivity contribution in [3.63, 3.8) is 0 Å². The highest BCUT2D eigenvalue weighted by atomic mass is 16.4. The van der Waals surface area contributed by atoms with Crippen molar-refractivity contribution in [3.05, 3.63) is 41.1 Å². The topological polar surface area (TPSA) is 63.2 Å². The lowest BCUT2D eigenvalue weighted by molar-refractivity contribution is 0.242. The largest absolute Gasteiger partial charge is 0.462 e. The molecule has 0 aromatic carbocycles. The van der Waals surface area contributed by atoms with Crippen LogP contribution in [0.4, 0.5) is 0 Å². The summed E-state index contributed by atoms with van der Waals surface area (Å²) in [6.07, 6.45) is 5.39. The second-order valence-corrected chi connectivity index (χ2v) is 5.02. The number of aliphatic hydroxyl groups is 1. The van der Waals surface area contributed by atoms with E-state index in [1.54, 1.807) is 0 Å². The van der Waals surface area contributed by atoms with Gasteiger partial charge in [0.1, 0.15) is 18.1 Å². The Hall–Kier alpha value is -1.59. The van der Waals surface area contributed by atoms with Crippen molar-refractivity contribution in [2.24, 2.45) is 7.05 Å². The van der Waals surface area contributed by atoms with Crippen molar-refractivity contribution in [1.82, 2.24) is 15.1 Å². The highest BCUT2D eigenvalue weighted by Crippen LogP contribution is 2.29. The second-order valence-electron chi connectivity index (χ2n) is 5.02. The maximum absolute atomic E-state index is 8.98. The number of nitrogens with one attached hydrogen (secondary N) is 1. The Morgan fingerprint density at radius 2 is 2.32 bits per heavy atom. The quantitative estimate of drug-likeness (QED) is 0.879. The Bertz CT molecular complexity index is 559.